The van der Waals surface area contributed by atoms with E-state index < -0.39 is 12.1 Å². The second-order valence-corrected chi connectivity index (χ2v) is 8.24. The Bertz CT molecular complexity index is 1350. The van der Waals surface area contributed by atoms with Gasteiger partial charge in [-0.05, 0) is 42.8 Å². The summed E-state index contributed by atoms with van der Waals surface area (Å²) in [5.41, 5.74) is 2.16. The van der Waals surface area contributed by atoms with E-state index in [0.29, 0.717) is 41.3 Å². The molecule has 0 aliphatic rings. The lowest BCUT2D eigenvalue weighted by Gasteiger charge is -2.14. The first-order valence-electron chi connectivity index (χ1n) is 11.6. The standard InChI is InChI=1S/C28H27NO7/c30-21(16-29-13-12-19-6-8-22(9-7-19)35-18-28(32)33)17-34-23-10-11-24-25(31)15-26(36-27(24)14-23)20-4-2-1-3-5-20/h1-11,14-15,21,29-30H,12-13,16-18H2,(H,32,33). The molecule has 4 aromatic rings. The highest BCUT2D eigenvalue weighted by molar-refractivity contribution is 5.80. The average Bonchev–Trinajstić information content (AvgIpc) is 2.89. The molecule has 1 atom stereocenters. The van der Waals surface area contributed by atoms with E-state index in [1.54, 1.807) is 30.3 Å². The van der Waals surface area contributed by atoms with Crippen molar-refractivity contribution in [2.24, 2.45) is 0 Å². The lowest BCUT2D eigenvalue weighted by Crippen LogP contribution is -2.32. The highest BCUT2D eigenvalue weighted by atomic mass is 16.5. The van der Waals surface area contributed by atoms with Gasteiger partial charge in [0.2, 0.25) is 0 Å². The molecule has 1 unspecified atom stereocenters. The van der Waals surface area contributed by atoms with Crippen LogP contribution in [0, 0.1) is 0 Å². The van der Waals surface area contributed by atoms with Crippen molar-refractivity contribution < 1.29 is 28.9 Å². The van der Waals surface area contributed by atoms with Gasteiger partial charge in [-0.1, -0.05) is 42.5 Å². The van der Waals surface area contributed by atoms with Gasteiger partial charge in [0.1, 0.15) is 35.6 Å². The molecule has 0 amide bonds. The molecule has 0 spiro atoms. The number of carboxylic acid groups (broad SMARTS) is 1. The predicted molar refractivity (Wildman–Crippen MR) is 136 cm³/mol. The lowest BCUT2D eigenvalue weighted by molar-refractivity contribution is -0.139. The van der Waals surface area contributed by atoms with Crippen molar-refractivity contribution in [3.05, 3.63) is 94.6 Å². The molecule has 186 valence electrons. The van der Waals surface area contributed by atoms with Crippen molar-refractivity contribution in [2.45, 2.75) is 12.5 Å². The fourth-order valence-electron chi connectivity index (χ4n) is 3.62. The molecule has 3 N–H and O–H groups in total. The molecule has 1 aromatic heterocycles. The smallest absolute Gasteiger partial charge is 0.341 e. The third kappa shape index (κ3) is 6.94. The van der Waals surface area contributed by atoms with E-state index in [0.717, 1.165) is 17.5 Å². The fraction of sp³-hybridized carbons (Fsp3) is 0.214. The Morgan fingerprint density at radius 3 is 2.44 bits per heavy atom. The number of ether oxygens (including phenoxy) is 2. The van der Waals surface area contributed by atoms with Crippen LogP contribution < -0.4 is 20.2 Å². The monoisotopic (exact) mass is 489 g/mol. The van der Waals surface area contributed by atoms with Crippen LogP contribution in [0.15, 0.2) is 88.1 Å². The van der Waals surface area contributed by atoms with Crippen LogP contribution >= 0.6 is 0 Å². The molecule has 8 nitrogen and oxygen atoms in total. The number of benzene rings is 3. The minimum absolute atomic E-state index is 0.0801. The summed E-state index contributed by atoms with van der Waals surface area (Å²) >= 11 is 0. The summed E-state index contributed by atoms with van der Waals surface area (Å²) in [4.78, 5) is 23.0. The third-order valence-electron chi connectivity index (χ3n) is 5.46. The van der Waals surface area contributed by atoms with Crippen molar-refractivity contribution in [1.29, 1.82) is 0 Å². The Labute approximate surface area is 207 Å². The minimum atomic E-state index is -1.02. The predicted octanol–water partition coefficient (Wildman–Crippen LogP) is 3.50. The summed E-state index contributed by atoms with van der Waals surface area (Å²) in [5, 5.41) is 22.6. The zero-order valence-electron chi connectivity index (χ0n) is 19.6. The summed E-state index contributed by atoms with van der Waals surface area (Å²) in [7, 11) is 0. The molecule has 0 radical (unpaired) electrons. The molecule has 3 aromatic carbocycles. The van der Waals surface area contributed by atoms with Gasteiger partial charge in [0.25, 0.3) is 0 Å². The van der Waals surface area contributed by atoms with Crippen LogP contribution in [-0.2, 0) is 11.2 Å². The maximum absolute atomic E-state index is 12.5. The molecule has 0 aliphatic carbocycles. The van der Waals surface area contributed by atoms with E-state index in [1.165, 1.54) is 6.07 Å². The Balaban J connectivity index is 1.25. The van der Waals surface area contributed by atoms with Crippen LogP contribution in [0.25, 0.3) is 22.3 Å². The SMILES string of the molecule is O=C(O)COc1ccc(CCNCC(O)COc2ccc3c(=O)cc(-c4ccccc4)oc3c2)cc1. The van der Waals surface area contributed by atoms with Crippen molar-refractivity contribution in [3.63, 3.8) is 0 Å². The zero-order chi connectivity index (χ0) is 25.3. The Morgan fingerprint density at radius 1 is 0.944 bits per heavy atom. The van der Waals surface area contributed by atoms with Crippen LogP contribution in [0.4, 0.5) is 0 Å². The maximum atomic E-state index is 12.5. The van der Waals surface area contributed by atoms with E-state index >= 15 is 0 Å². The number of nitrogens with one attached hydrogen (secondary N) is 1. The van der Waals surface area contributed by atoms with E-state index in [4.69, 9.17) is 19.0 Å². The molecule has 4 rings (SSSR count). The normalized spacial score (nSPS) is 11.8. The van der Waals surface area contributed by atoms with E-state index in [-0.39, 0.29) is 18.6 Å². The molecule has 36 heavy (non-hydrogen) atoms. The molecule has 0 fully saturated rings. The molecule has 0 aliphatic heterocycles. The number of rotatable bonds is 12. The van der Waals surface area contributed by atoms with Crippen molar-refractivity contribution >= 4 is 16.9 Å². The van der Waals surface area contributed by atoms with Gasteiger partial charge in [0.15, 0.2) is 12.0 Å². The largest absolute Gasteiger partial charge is 0.491 e. The quantitative estimate of drug-likeness (QED) is 0.259. The fourth-order valence-corrected chi connectivity index (χ4v) is 3.62. The summed E-state index contributed by atoms with van der Waals surface area (Å²) in [5.74, 6) is 0.471. The maximum Gasteiger partial charge on any atom is 0.341 e. The molecule has 0 saturated carbocycles. The highest BCUT2D eigenvalue weighted by Gasteiger charge is 2.10. The van der Waals surface area contributed by atoms with Gasteiger partial charge in [0, 0.05) is 24.2 Å². The van der Waals surface area contributed by atoms with Crippen LogP contribution in [0.5, 0.6) is 11.5 Å². The number of hydrogen-bond donors (Lipinski definition) is 3. The molecule has 8 heteroatoms. The number of carbonyl (C=O) groups is 1. The first-order chi connectivity index (χ1) is 17.5. The number of carboxylic acids is 1. The number of aliphatic carboxylic acids is 1. The molecule has 0 bridgehead atoms. The van der Waals surface area contributed by atoms with Crippen LogP contribution in [0.1, 0.15) is 5.56 Å². The van der Waals surface area contributed by atoms with Crippen LogP contribution in [0.3, 0.4) is 0 Å². The third-order valence-corrected chi connectivity index (χ3v) is 5.46. The Kier molecular flexibility index (Phi) is 8.33. The summed E-state index contributed by atoms with van der Waals surface area (Å²) in [6.07, 6.45) is 0.00964. The van der Waals surface area contributed by atoms with E-state index in [2.05, 4.69) is 5.32 Å². The van der Waals surface area contributed by atoms with Gasteiger partial charge in [-0.15, -0.1) is 0 Å². The van der Waals surface area contributed by atoms with Gasteiger partial charge < -0.3 is 29.4 Å². The van der Waals surface area contributed by atoms with Gasteiger partial charge in [-0.2, -0.15) is 0 Å². The van der Waals surface area contributed by atoms with Crippen molar-refractivity contribution in [2.75, 3.05) is 26.3 Å². The number of fused-ring (bicyclic) bond motifs is 1. The first-order valence-corrected chi connectivity index (χ1v) is 11.6. The van der Waals surface area contributed by atoms with Gasteiger partial charge in [-0.3, -0.25) is 4.79 Å². The van der Waals surface area contributed by atoms with E-state index in [9.17, 15) is 14.7 Å². The van der Waals surface area contributed by atoms with Crippen molar-refractivity contribution in [1.82, 2.24) is 5.32 Å². The average molecular weight is 490 g/mol. The molecular formula is C28H27NO7. The second kappa shape index (κ2) is 12.0. The molecule has 0 saturated heterocycles. The second-order valence-electron chi connectivity index (χ2n) is 8.24. The number of aliphatic hydroxyl groups excluding tert-OH is 1. The van der Waals surface area contributed by atoms with Gasteiger partial charge >= 0.3 is 5.97 Å². The molecular weight excluding hydrogens is 462 g/mol. The van der Waals surface area contributed by atoms with Gasteiger partial charge in [0.05, 0.1) is 5.39 Å². The van der Waals surface area contributed by atoms with Crippen LogP contribution in [0.2, 0.25) is 0 Å². The Morgan fingerprint density at radius 2 is 1.69 bits per heavy atom. The number of hydrogen-bond acceptors (Lipinski definition) is 7. The van der Waals surface area contributed by atoms with Crippen LogP contribution in [-0.4, -0.2) is 48.6 Å². The lowest BCUT2D eigenvalue weighted by atomic mass is 10.1. The van der Waals surface area contributed by atoms with Crippen molar-refractivity contribution in [3.8, 4) is 22.8 Å². The summed E-state index contributed by atoms with van der Waals surface area (Å²) < 4.78 is 16.8. The summed E-state index contributed by atoms with van der Waals surface area (Å²) in [6, 6.07) is 23.1. The highest BCUT2D eigenvalue weighted by Crippen LogP contribution is 2.25. The van der Waals surface area contributed by atoms with E-state index in [1.807, 2.05) is 42.5 Å². The number of aliphatic hydroxyl groups is 1. The zero-order valence-corrected chi connectivity index (χ0v) is 19.6. The summed E-state index contributed by atoms with van der Waals surface area (Å²) in [6.45, 7) is 0.705. The molecule has 1 heterocycles. The first kappa shape index (κ1) is 25.0. The van der Waals surface area contributed by atoms with Gasteiger partial charge in [-0.25, -0.2) is 4.79 Å². The Hall–Kier alpha value is -4.14. The topological polar surface area (TPSA) is 118 Å². The minimum Gasteiger partial charge on any atom is -0.491 e.